The lowest BCUT2D eigenvalue weighted by atomic mass is 10.1. The summed E-state index contributed by atoms with van der Waals surface area (Å²) in [5.74, 6) is 0.517. The number of nitrogen functional groups attached to an aromatic ring is 1. The topological polar surface area (TPSA) is 61.7 Å². The Hall–Kier alpha value is -1.82. The van der Waals surface area contributed by atoms with Gasteiger partial charge in [-0.2, -0.15) is 5.10 Å². The van der Waals surface area contributed by atoms with Crippen LogP contribution in [-0.4, -0.2) is 19.3 Å². The fourth-order valence-corrected chi connectivity index (χ4v) is 3.03. The van der Waals surface area contributed by atoms with Gasteiger partial charge >= 0.3 is 0 Å². The van der Waals surface area contributed by atoms with Crippen LogP contribution in [0.1, 0.15) is 24.2 Å². The minimum Gasteiger partial charge on any atom is -0.369 e. The molecule has 1 atom stereocenters. The highest BCUT2D eigenvalue weighted by atomic mass is 79.9. The third-order valence-electron chi connectivity index (χ3n) is 3.58. The van der Waals surface area contributed by atoms with E-state index in [1.807, 2.05) is 35.4 Å². The number of fused-ring (bicyclic) bond motifs is 1. The number of imidazole rings is 1. The Balaban J connectivity index is 2.21. The lowest BCUT2D eigenvalue weighted by Gasteiger charge is -2.16. The van der Waals surface area contributed by atoms with Crippen LogP contribution in [0.25, 0.3) is 11.2 Å². The molecule has 20 heavy (non-hydrogen) atoms. The molecule has 0 saturated carbocycles. The number of nitrogens with two attached hydrogens (primary N) is 1. The monoisotopic (exact) mass is 333 g/mol. The highest BCUT2D eigenvalue weighted by Gasteiger charge is 2.20. The van der Waals surface area contributed by atoms with Gasteiger partial charge in [-0.05, 0) is 31.5 Å². The van der Waals surface area contributed by atoms with Crippen molar-refractivity contribution in [1.82, 2.24) is 19.3 Å². The third kappa shape index (κ3) is 1.91. The molecule has 0 saturated heterocycles. The molecule has 104 valence electrons. The summed E-state index contributed by atoms with van der Waals surface area (Å²) in [7, 11) is 1.92. The SMILES string of the molecule is Cc1nn(C)c2c1nc(N)n2C(C)c1cccc(Br)c1. The lowest BCUT2D eigenvalue weighted by Crippen LogP contribution is -2.12. The third-order valence-corrected chi connectivity index (χ3v) is 4.07. The normalized spacial score (nSPS) is 13.0. The first-order valence-electron chi connectivity index (χ1n) is 6.41. The summed E-state index contributed by atoms with van der Waals surface area (Å²) < 4.78 is 4.91. The summed E-state index contributed by atoms with van der Waals surface area (Å²) in [4.78, 5) is 4.45. The second-order valence-electron chi connectivity index (χ2n) is 4.95. The number of benzene rings is 1. The molecule has 0 aliphatic heterocycles. The number of nitrogens with zero attached hydrogens (tertiary/aromatic N) is 4. The smallest absolute Gasteiger partial charge is 0.203 e. The molecule has 1 unspecified atom stereocenters. The van der Waals surface area contributed by atoms with Gasteiger partial charge in [-0.15, -0.1) is 0 Å². The van der Waals surface area contributed by atoms with Crippen molar-refractivity contribution in [2.75, 3.05) is 5.73 Å². The zero-order valence-corrected chi connectivity index (χ0v) is 13.2. The van der Waals surface area contributed by atoms with Gasteiger partial charge in [0.1, 0.15) is 5.52 Å². The Bertz CT molecular complexity index is 786. The molecule has 0 bridgehead atoms. The van der Waals surface area contributed by atoms with E-state index in [0.717, 1.165) is 21.3 Å². The first kappa shape index (κ1) is 13.2. The number of aryl methyl sites for hydroxylation is 2. The van der Waals surface area contributed by atoms with Crippen LogP contribution < -0.4 is 5.73 Å². The molecule has 2 aromatic heterocycles. The Morgan fingerprint density at radius 2 is 2.10 bits per heavy atom. The van der Waals surface area contributed by atoms with E-state index in [2.05, 4.69) is 45.1 Å². The van der Waals surface area contributed by atoms with E-state index in [-0.39, 0.29) is 6.04 Å². The average molecular weight is 334 g/mol. The fraction of sp³-hybridized carbons (Fsp3) is 0.286. The number of rotatable bonds is 2. The van der Waals surface area contributed by atoms with Crippen molar-refractivity contribution in [1.29, 1.82) is 0 Å². The number of anilines is 1. The van der Waals surface area contributed by atoms with E-state index in [4.69, 9.17) is 5.73 Å². The van der Waals surface area contributed by atoms with Gasteiger partial charge in [0.05, 0.1) is 11.7 Å². The van der Waals surface area contributed by atoms with E-state index < -0.39 is 0 Å². The highest BCUT2D eigenvalue weighted by molar-refractivity contribution is 9.10. The summed E-state index contributed by atoms with van der Waals surface area (Å²) >= 11 is 3.51. The Kier molecular flexibility index (Phi) is 3.05. The van der Waals surface area contributed by atoms with Gasteiger partial charge in [-0.3, -0.25) is 9.25 Å². The molecule has 0 radical (unpaired) electrons. The van der Waals surface area contributed by atoms with Crippen molar-refractivity contribution >= 4 is 33.0 Å². The maximum atomic E-state index is 6.11. The molecular formula is C14H16BrN5. The van der Waals surface area contributed by atoms with Gasteiger partial charge in [0, 0.05) is 11.5 Å². The number of halogens is 1. The molecule has 0 aliphatic rings. The molecule has 0 fully saturated rings. The van der Waals surface area contributed by atoms with Gasteiger partial charge in [-0.1, -0.05) is 28.1 Å². The second kappa shape index (κ2) is 4.63. The molecule has 0 aliphatic carbocycles. The molecule has 0 spiro atoms. The first-order chi connectivity index (χ1) is 9.49. The van der Waals surface area contributed by atoms with Crippen molar-refractivity contribution in [2.45, 2.75) is 19.9 Å². The van der Waals surface area contributed by atoms with Crippen molar-refractivity contribution in [3.8, 4) is 0 Å². The van der Waals surface area contributed by atoms with Gasteiger partial charge in [0.25, 0.3) is 0 Å². The van der Waals surface area contributed by atoms with Crippen LogP contribution in [0.3, 0.4) is 0 Å². The molecule has 2 heterocycles. The Morgan fingerprint density at radius 1 is 1.35 bits per heavy atom. The Morgan fingerprint density at radius 3 is 2.80 bits per heavy atom. The van der Waals surface area contributed by atoms with Crippen LogP contribution in [0.2, 0.25) is 0 Å². The minimum absolute atomic E-state index is 0.0901. The molecule has 1 aromatic carbocycles. The summed E-state index contributed by atoms with van der Waals surface area (Å²) in [5, 5.41) is 4.41. The lowest BCUT2D eigenvalue weighted by molar-refractivity contribution is 0.636. The maximum absolute atomic E-state index is 6.11. The number of aromatic nitrogens is 4. The van der Waals surface area contributed by atoms with Crippen molar-refractivity contribution in [2.24, 2.45) is 7.05 Å². The first-order valence-corrected chi connectivity index (χ1v) is 7.21. The fourth-order valence-electron chi connectivity index (χ4n) is 2.61. The van der Waals surface area contributed by atoms with Crippen LogP contribution in [0, 0.1) is 6.92 Å². The van der Waals surface area contributed by atoms with Gasteiger partial charge in [0.2, 0.25) is 5.95 Å². The van der Waals surface area contributed by atoms with E-state index in [9.17, 15) is 0 Å². The predicted octanol–water partition coefficient (Wildman–Crippen LogP) is 3.03. The van der Waals surface area contributed by atoms with E-state index in [1.165, 1.54) is 5.56 Å². The van der Waals surface area contributed by atoms with Crippen molar-refractivity contribution in [3.05, 3.63) is 40.0 Å². The Labute approximate surface area is 125 Å². The zero-order valence-electron chi connectivity index (χ0n) is 11.6. The molecule has 3 rings (SSSR count). The van der Waals surface area contributed by atoms with E-state index in [1.54, 1.807) is 0 Å². The summed E-state index contributed by atoms with van der Waals surface area (Å²) in [6, 6.07) is 8.31. The largest absolute Gasteiger partial charge is 0.369 e. The maximum Gasteiger partial charge on any atom is 0.203 e. The standard InChI is InChI=1S/C14H16BrN5/c1-8-12-13(19(3)18-8)20(14(16)17-12)9(2)10-5-4-6-11(15)7-10/h4-7,9H,1-3H3,(H2,16,17). The van der Waals surface area contributed by atoms with E-state index in [0.29, 0.717) is 5.95 Å². The summed E-state index contributed by atoms with van der Waals surface area (Å²) in [6.07, 6.45) is 0. The van der Waals surface area contributed by atoms with Crippen LogP contribution in [-0.2, 0) is 7.05 Å². The molecular weight excluding hydrogens is 318 g/mol. The predicted molar refractivity (Wildman–Crippen MR) is 83.6 cm³/mol. The minimum atomic E-state index is 0.0901. The average Bonchev–Trinajstić information content (AvgIpc) is 2.87. The molecule has 6 heteroatoms. The quantitative estimate of drug-likeness (QED) is 0.784. The molecule has 3 aromatic rings. The van der Waals surface area contributed by atoms with E-state index >= 15 is 0 Å². The molecule has 5 nitrogen and oxygen atoms in total. The van der Waals surface area contributed by atoms with Crippen molar-refractivity contribution in [3.63, 3.8) is 0 Å². The van der Waals surface area contributed by atoms with Gasteiger partial charge in [-0.25, -0.2) is 4.98 Å². The van der Waals surface area contributed by atoms with Gasteiger partial charge < -0.3 is 5.73 Å². The molecule has 0 amide bonds. The number of hydrogen-bond acceptors (Lipinski definition) is 3. The van der Waals surface area contributed by atoms with Crippen LogP contribution in [0.4, 0.5) is 5.95 Å². The van der Waals surface area contributed by atoms with Crippen LogP contribution in [0.5, 0.6) is 0 Å². The van der Waals surface area contributed by atoms with Gasteiger partial charge in [0.15, 0.2) is 5.65 Å². The number of hydrogen-bond donors (Lipinski definition) is 1. The van der Waals surface area contributed by atoms with Crippen LogP contribution in [0.15, 0.2) is 28.7 Å². The second-order valence-corrected chi connectivity index (χ2v) is 5.87. The highest BCUT2D eigenvalue weighted by Crippen LogP contribution is 2.29. The summed E-state index contributed by atoms with van der Waals surface area (Å²) in [5.41, 5.74) is 10.00. The van der Waals surface area contributed by atoms with Crippen LogP contribution >= 0.6 is 15.9 Å². The zero-order chi connectivity index (χ0) is 14.4. The summed E-state index contributed by atoms with van der Waals surface area (Å²) in [6.45, 7) is 4.06. The van der Waals surface area contributed by atoms with Crippen molar-refractivity contribution < 1.29 is 0 Å². The molecule has 2 N–H and O–H groups in total.